The van der Waals surface area contributed by atoms with Gasteiger partial charge in [0.15, 0.2) is 5.13 Å². The van der Waals surface area contributed by atoms with Crippen molar-refractivity contribution in [1.29, 1.82) is 0 Å². The molecule has 5 heteroatoms. The number of para-hydroxylation sites is 1. The second kappa shape index (κ2) is 7.99. The minimum atomic E-state index is -0.388. The SMILES string of the molecule is O[C@H]1CN(CC=Cc2ccccc2)CC[C@H]1Nc1nc2ccccc2s1. The van der Waals surface area contributed by atoms with Crippen LogP contribution in [0.1, 0.15) is 12.0 Å². The minimum absolute atomic E-state index is 0.0601. The molecule has 1 aliphatic heterocycles. The van der Waals surface area contributed by atoms with Gasteiger partial charge in [-0.05, 0) is 24.1 Å². The highest BCUT2D eigenvalue weighted by molar-refractivity contribution is 7.22. The highest BCUT2D eigenvalue weighted by atomic mass is 32.1. The molecule has 0 spiro atoms. The van der Waals surface area contributed by atoms with Crippen molar-refractivity contribution in [2.75, 3.05) is 25.0 Å². The number of β-amino-alcohol motifs (C(OH)–C–C–N with tert-alkyl or cyclic N) is 1. The summed E-state index contributed by atoms with van der Waals surface area (Å²) in [6.07, 6.45) is 4.83. The molecule has 1 fully saturated rings. The monoisotopic (exact) mass is 365 g/mol. The van der Waals surface area contributed by atoms with Crippen LogP contribution in [0.2, 0.25) is 0 Å². The normalized spacial score (nSPS) is 21.4. The first kappa shape index (κ1) is 17.2. The molecule has 134 valence electrons. The number of nitrogens with one attached hydrogen (secondary N) is 1. The molecule has 0 saturated carbocycles. The summed E-state index contributed by atoms with van der Waals surface area (Å²) in [7, 11) is 0. The Morgan fingerprint density at radius 1 is 1.15 bits per heavy atom. The highest BCUT2D eigenvalue weighted by Crippen LogP contribution is 2.27. The van der Waals surface area contributed by atoms with Gasteiger partial charge in [0, 0.05) is 19.6 Å². The van der Waals surface area contributed by atoms with E-state index in [2.05, 4.69) is 45.6 Å². The Labute approximate surface area is 157 Å². The summed E-state index contributed by atoms with van der Waals surface area (Å²) in [6, 6.07) is 18.5. The van der Waals surface area contributed by atoms with E-state index in [-0.39, 0.29) is 12.1 Å². The summed E-state index contributed by atoms with van der Waals surface area (Å²) < 4.78 is 1.17. The van der Waals surface area contributed by atoms with E-state index in [9.17, 15) is 5.11 Å². The van der Waals surface area contributed by atoms with Gasteiger partial charge in [0.05, 0.1) is 22.4 Å². The zero-order valence-electron chi connectivity index (χ0n) is 14.6. The Kier molecular flexibility index (Phi) is 5.29. The molecule has 1 aromatic heterocycles. The largest absolute Gasteiger partial charge is 0.390 e. The molecule has 0 amide bonds. The van der Waals surface area contributed by atoms with Gasteiger partial charge < -0.3 is 10.4 Å². The molecule has 2 N–H and O–H groups in total. The lowest BCUT2D eigenvalue weighted by Crippen LogP contribution is -2.49. The fraction of sp³-hybridized carbons (Fsp3) is 0.286. The first-order chi connectivity index (χ1) is 12.8. The predicted molar refractivity (Wildman–Crippen MR) is 110 cm³/mol. The predicted octanol–water partition coefficient (Wildman–Crippen LogP) is 3.86. The minimum Gasteiger partial charge on any atom is -0.390 e. The number of aromatic nitrogens is 1. The Balaban J connectivity index is 1.31. The number of thiazole rings is 1. The lowest BCUT2D eigenvalue weighted by molar-refractivity contribution is 0.0658. The lowest BCUT2D eigenvalue weighted by Gasteiger charge is -2.35. The Morgan fingerprint density at radius 2 is 1.96 bits per heavy atom. The van der Waals surface area contributed by atoms with Gasteiger partial charge in [-0.2, -0.15) is 0 Å². The smallest absolute Gasteiger partial charge is 0.184 e. The molecule has 2 aromatic carbocycles. The maximum atomic E-state index is 10.5. The van der Waals surface area contributed by atoms with Crippen molar-refractivity contribution >= 4 is 32.8 Å². The zero-order chi connectivity index (χ0) is 17.8. The number of fused-ring (bicyclic) bond motifs is 1. The average Bonchev–Trinajstić information content (AvgIpc) is 3.07. The van der Waals surface area contributed by atoms with Crippen molar-refractivity contribution in [1.82, 2.24) is 9.88 Å². The molecule has 1 saturated heterocycles. The van der Waals surface area contributed by atoms with E-state index < -0.39 is 0 Å². The van der Waals surface area contributed by atoms with Gasteiger partial charge in [-0.25, -0.2) is 4.98 Å². The van der Waals surface area contributed by atoms with Crippen LogP contribution in [0.3, 0.4) is 0 Å². The van der Waals surface area contributed by atoms with Gasteiger partial charge in [0.2, 0.25) is 0 Å². The molecule has 0 aliphatic carbocycles. The van der Waals surface area contributed by atoms with Crippen LogP contribution in [0.5, 0.6) is 0 Å². The number of piperidine rings is 1. The van der Waals surface area contributed by atoms with Gasteiger partial charge >= 0.3 is 0 Å². The van der Waals surface area contributed by atoms with Crippen molar-refractivity contribution in [3.8, 4) is 0 Å². The van der Waals surface area contributed by atoms with Crippen LogP contribution in [0, 0.1) is 0 Å². The van der Waals surface area contributed by atoms with E-state index in [0.717, 1.165) is 30.2 Å². The second-order valence-corrected chi connectivity index (χ2v) is 7.70. The van der Waals surface area contributed by atoms with E-state index in [0.29, 0.717) is 6.54 Å². The summed E-state index contributed by atoms with van der Waals surface area (Å²) in [5, 5.41) is 14.9. The molecule has 4 nitrogen and oxygen atoms in total. The van der Waals surface area contributed by atoms with Gasteiger partial charge in [0.25, 0.3) is 0 Å². The van der Waals surface area contributed by atoms with Gasteiger partial charge in [0.1, 0.15) is 0 Å². The third kappa shape index (κ3) is 4.12. The molecule has 3 aromatic rings. The molecule has 1 aliphatic rings. The number of likely N-dealkylation sites (tertiary alicyclic amines) is 1. The van der Waals surface area contributed by atoms with E-state index in [1.807, 2.05) is 36.4 Å². The molecule has 0 unspecified atom stereocenters. The number of aliphatic hydroxyl groups excluding tert-OH is 1. The van der Waals surface area contributed by atoms with Crippen molar-refractivity contribution in [3.63, 3.8) is 0 Å². The molecule has 26 heavy (non-hydrogen) atoms. The molecular weight excluding hydrogens is 342 g/mol. The van der Waals surface area contributed by atoms with Crippen molar-refractivity contribution in [2.24, 2.45) is 0 Å². The summed E-state index contributed by atoms with van der Waals surface area (Å²) in [5.41, 5.74) is 2.22. The summed E-state index contributed by atoms with van der Waals surface area (Å²) in [6.45, 7) is 2.51. The molecule has 4 rings (SSSR count). The van der Waals surface area contributed by atoms with Crippen LogP contribution in [-0.4, -0.2) is 46.8 Å². The third-order valence-electron chi connectivity index (χ3n) is 4.74. The quantitative estimate of drug-likeness (QED) is 0.721. The summed E-state index contributed by atoms with van der Waals surface area (Å²) >= 11 is 1.65. The summed E-state index contributed by atoms with van der Waals surface area (Å²) in [4.78, 5) is 6.91. The molecule has 0 bridgehead atoms. The van der Waals surface area contributed by atoms with E-state index in [4.69, 9.17) is 0 Å². The number of rotatable bonds is 5. The van der Waals surface area contributed by atoms with Crippen molar-refractivity contribution < 1.29 is 5.11 Å². The van der Waals surface area contributed by atoms with Crippen LogP contribution in [0.15, 0.2) is 60.7 Å². The number of hydrogen-bond donors (Lipinski definition) is 2. The standard InChI is InChI=1S/C21H23N3OS/c25-19-15-24(13-6-9-16-7-2-1-3-8-16)14-12-17(19)22-21-23-18-10-4-5-11-20(18)26-21/h1-11,17,19,25H,12-15H2,(H,22,23)/t17-,19+/m1/s1. The van der Waals surface area contributed by atoms with Gasteiger partial charge in [-0.15, -0.1) is 0 Å². The van der Waals surface area contributed by atoms with Gasteiger partial charge in [-0.3, -0.25) is 4.90 Å². The van der Waals surface area contributed by atoms with E-state index in [1.165, 1.54) is 10.3 Å². The number of anilines is 1. The maximum absolute atomic E-state index is 10.5. The fourth-order valence-electron chi connectivity index (χ4n) is 3.33. The first-order valence-corrected chi connectivity index (χ1v) is 9.84. The average molecular weight is 366 g/mol. The van der Waals surface area contributed by atoms with Crippen LogP contribution in [-0.2, 0) is 0 Å². The zero-order valence-corrected chi connectivity index (χ0v) is 15.4. The first-order valence-electron chi connectivity index (χ1n) is 9.02. The third-order valence-corrected chi connectivity index (χ3v) is 5.71. The molecule has 2 heterocycles. The summed E-state index contributed by atoms with van der Waals surface area (Å²) in [5.74, 6) is 0. The number of nitrogens with zero attached hydrogens (tertiary/aromatic N) is 2. The van der Waals surface area contributed by atoms with Crippen LogP contribution >= 0.6 is 11.3 Å². The van der Waals surface area contributed by atoms with E-state index >= 15 is 0 Å². The Morgan fingerprint density at radius 3 is 2.77 bits per heavy atom. The maximum Gasteiger partial charge on any atom is 0.184 e. The highest BCUT2D eigenvalue weighted by Gasteiger charge is 2.27. The molecule has 0 radical (unpaired) electrons. The van der Waals surface area contributed by atoms with Crippen LogP contribution < -0.4 is 5.32 Å². The number of aliphatic hydroxyl groups is 1. The Hall–Kier alpha value is -2.21. The van der Waals surface area contributed by atoms with Crippen molar-refractivity contribution in [2.45, 2.75) is 18.6 Å². The van der Waals surface area contributed by atoms with Gasteiger partial charge in [-0.1, -0.05) is 66.0 Å². The van der Waals surface area contributed by atoms with Crippen LogP contribution in [0.4, 0.5) is 5.13 Å². The Bertz CT molecular complexity index is 844. The van der Waals surface area contributed by atoms with E-state index in [1.54, 1.807) is 11.3 Å². The molecule has 2 atom stereocenters. The molecular formula is C21H23N3OS. The lowest BCUT2D eigenvalue weighted by atomic mass is 10.0. The fourth-order valence-corrected chi connectivity index (χ4v) is 4.25. The second-order valence-electron chi connectivity index (χ2n) is 6.67. The topological polar surface area (TPSA) is 48.4 Å². The van der Waals surface area contributed by atoms with Crippen LogP contribution in [0.25, 0.3) is 16.3 Å². The number of hydrogen-bond acceptors (Lipinski definition) is 5. The number of benzene rings is 2. The van der Waals surface area contributed by atoms with Crippen molar-refractivity contribution in [3.05, 3.63) is 66.2 Å².